The monoisotopic (exact) mass is 241 g/mol. The standard InChI is InChI=1S/C13H20ClNO/c14-9-3-1-2-4-10-15-11-12-5-7-13(16)8-6-12/h5-8,15-16H,1-4,9-11H2. The van der Waals surface area contributed by atoms with Crippen LogP contribution in [0.3, 0.4) is 0 Å². The summed E-state index contributed by atoms with van der Waals surface area (Å²) < 4.78 is 0. The zero-order valence-electron chi connectivity index (χ0n) is 9.58. The number of alkyl halides is 1. The molecule has 0 heterocycles. The number of rotatable bonds is 8. The fourth-order valence-corrected chi connectivity index (χ4v) is 1.73. The number of nitrogens with one attached hydrogen (secondary N) is 1. The van der Waals surface area contributed by atoms with Crippen molar-refractivity contribution >= 4 is 11.6 Å². The van der Waals surface area contributed by atoms with Crippen molar-refractivity contribution in [3.05, 3.63) is 29.8 Å². The number of hydrogen-bond acceptors (Lipinski definition) is 2. The highest BCUT2D eigenvalue weighted by Crippen LogP contribution is 2.09. The lowest BCUT2D eigenvalue weighted by Crippen LogP contribution is -2.14. The molecule has 1 rings (SSSR count). The highest BCUT2D eigenvalue weighted by atomic mass is 35.5. The maximum Gasteiger partial charge on any atom is 0.115 e. The zero-order valence-corrected chi connectivity index (χ0v) is 10.3. The summed E-state index contributed by atoms with van der Waals surface area (Å²) in [4.78, 5) is 0. The Morgan fingerprint density at radius 2 is 1.69 bits per heavy atom. The van der Waals surface area contributed by atoms with Gasteiger partial charge in [0.05, 0.1) is 0 Å². The second-order valence-electron chi connectivity index (χ2n) is 3.95. The van der Waals surface area contributed by atoms with Crippen LogP contribution in [0, 0.1) is 0 Å². The van der Waals surface area contributed by atoms with Crippen molar-refractivity contribution < 1.29 is 5.11 Å². The van der Waals surface area contributed by atoms with Gasteiger partial charge in [-0.2, -0.15) is 0 Å². The Balaban J connectivity index is 2.01. The molecule has 0 amide bonds. The molecule has 0 aliphatic heterocycles. The van der Waals surface area contributed by atoms with E-state index < -0.39 is 0 Å². The van der Waals surface area contributed by atoms with Gasteiger partial charge in [-0.05, 0) is 37.1 Å². The van der Waals surface area contributed by atoms with Crippen molar-refractivity contribution in [3.63, 3.8) is 0 Å². The smallest absolute Gasteiger partial charge is 0.115 e. The van der Waals surface area contributed by atoms with E-state index in [4.69, 9.17) is 16.7 Å². The quantitative estimate of drug-likeness (QED) is 0.541. The van der Waals surface area contributed by atoms with Gasteiger partial charge in [-0.1, -0.05) is 25.0 Å². The van der Waals surface area contributed by atoms with E-state index in [-0.39, 0.29) is 0 Å². The van der Waals surface area contributed by atoms with Gasteiger partial charge < -0.3 is 10.4 Å². The predicted octanol–water partition coefficient (Wildman–Crippen LogP) is 3.28. The van der Waals surface area contributed by atoms with Crippen molar-refractivity contribution in [1.29, 1.82) is 0 Å². The van der Waals surface area contributed by atoms with Gasteiger partial charge in [-0.15, -0.1) is 11.6 Å². The molecule has 0 radical (unpaired) electrons. The van der Waals surface area contributed by atoms with E-state index >= 15 is 0 Å². The minimum absolute atomic E-state index is 0.324. The lowest BCUT2D eigenvalue weighted by atomic mass is 10.2. The molecule has 3 heteroatoms. The first-order valence-electron chi connectivity index (χ1n) is 5.87. The third-order valence-corrected chi connectivity index (χ3v) is 2.77. The fourth-order valence-electron chi connectivity index (χ4n) is 1.54. The lowest BCUT2D eigenvalue weighted by molar-refractivity contribution is 0.475. The maximum atomic E-state index is 9.12. The molecule has 0 fully saturated rings. The molecule has 0 atom stereocenters. The van der Waals surface area contributed by atoms with Crippen LogP contribution < -0.4 is 5.32 Å². The summed E-state index contributed by atoms with van der Waals surface area (Å²) in [5, 5.41) is 12.5. The van der Waals surface area contributed by atoms with Gasteiger partial charge in [-0.3, -0.25) is 0 Å². The Hall–Kier alpha value is -0.730. The molecule has 2 N–H and O–H groups in total. The zero-order chi connectivity index (χ0) is 11.6. The van der Waals surface area contributed by atoms with E-state index in [1.54, 1.807) is 12.1 Å². The summed E-state index contributed by atoms with van der Waals surface area (Å²) in [7, 11) is 0. The van der Waals surface area contributed by atoms with Crippen molar-refractivity contribution in [3.8, 4) is 5.75 Å². The Morgan fingerprint density at radius 1 is 1.00 bits per heavy atom. The molecule has 16 heavy (non-hydrogen) atoms. The molecule has 0 saturated carbocycles. The molecule has 1 aromatic rings. The highest BCUT2D eigenvalue weighted by Gasteiger charge is 1.93. The minimum Gasteiger partial charge on any atom is -0.508 e. The van der Waals surface area contributed by atoms with Crippen molar-refractivity contribution in [2.45, 2.75) is 32.2 Å². The number of unbranched alkanes of at least 4 members (excludes halogenated alkanes) is 3. The van der Waals surface area contributed by atoms with Crippen LogP contribution in [0.15, 0.2) is 24.3 Å². The molecule has 0 saturated heterocycles. The molecule has 1 aromatic carbocycles. The van der Waals surface area contributed by atoms with Gasteiger partial charge in [0.15, 0.2) is 0 Å². The number of phenolic OH excluding ortho intramolecular Hbond substituents is 1. The van der Waals surface area contributed by atoms with Crippen LogP contribution in [0.5, 0.6) is 5.75 Å². The van der Waals surface area contributed by atoms with Crippen LogP contribution in [0.1, 0.15) is 31.2 Å². The van der Waals surface area contributed by atoms with Gasteiger partial charge in [0.1, 0.15) is 5.75 Å². The molecular weight excluding hydrogens is 222 g/mol. The van der Waals surface area contributed by atoms with Crippen LogP contribution in [0.2, 0.25) is 0 Å². The molecular formula is C13H20ClNO. The first-order valence-corrected chi connectivity index (χ1v) is 6.41. The van der Waals surface area contributed by atoms with Crippen LogP contribution in [-0.2, 0) is 6.54 Å². The predicted molar refractivity (Wildman–Crippen MR) is 69.0 cm³/mol. The van der Waals surface area contributed by atoms with Crippen LogP contribution in [0.25, 0.3) is 0 Å². The number of phenols is 1. The number of hydrogen-bond donors (Lipinski definition) is 2. The third-order valence-electron chi connectivity index (χ3n) is 2.50. The fraction of sp³-hybridized carbons (Fsp3) is 0.538. The third kappa shape index (κ3) is 5.99. The van der Waals surface area contributed by atoms with Crippen molar-refractivity contribution in [1.82, 2.24) is 5.32 Å². The molecule has 0 aliphatic rings. The summed E-state index contributed by atoms with van der Waals surface area (Å²) in [6, 6.07) is 7.32. The minimum atomic E-state index is 0.324. The average Bonchev–Trinajstić information content (AvgIpc) is 2.30. The van der Waals surface area contributed by atoms with E-state index in [1.165, 1.54) is 24.8 Å². The molecule has 2 nitrogen and oxygen atoms in total. The Kier molecular flexibility index (Phi) is 7.02. The number of aromatic hydroxyl groups is 1. The Bertz CT molecular complexity index is 274. The lowest BCUT2D eigenvalue weighted by Gasteiger charge is -2.04. The molecule has 0 aliphatic carbocycles. The van der Waals surface area contributed by atoms with Crippen molar-refractivity contribution in [2.24, 2.45) is 0 Å². The van der Waals surface area contributed by atoms with Crippen LogP contribution >= 0.6 is 11.6 Å². The average molecular weight is 242 g/mol. The Morgan fingerprint density at radius 3 is 2.38 bits per heavy atom. The summed E-state index contributed by atoms with van der Waals surface area (Å²) >= 11 is 5.60. The van der Waals surface area contributed by atoms with E-state index in [1.807, 2.05) is 12.1 Å². The summed E-state index contributed by atoms with van der Waals surface area (Å²) in [6.07, 6.45) is 4.80. The normalized spacial score (nSPS) is 10.6. The number of halogens is 1. The molecule has 0 unspecified atom stereocenters. The number of benzene rings is 1. The topological polar surface area (TPSA) is 32.3 Å². The second kappa shape index (κ2) is 8.43. The molecule has 90 valence electrons. The van der Waals surface area contributed by atoms with Crippen molar-refractivity contribution in [2.75, 3.05) is 12.4 Å². The summed E-state index contributed by atoms with van der Waals surface area (Å²) in [5.41, 5.74) is 1.21. The first-order chi connectivity index (χ1) is 7.83. The van der Waals surface area contributed by atoms with Gasteiger partial charge in [0.2, 0.25) is 0 Å². The largest absolute Gasteiger partial charge is 0.508 e. The van der Waals surface area contributed by atoms with E-state index in [0.29, 0.717) is 5.75 Å². The summed E-state index contributed by atoms with van der Waals surface area (Å²) in [5.74, 6) is 1.10. The van der Waals surface area contributed by atoms with Crippen LogP contribution in [0.4, 0.5) is 0 Å². The SMILES string of the molecule is Oc1ccc(CNCCCCCCCl)cc1. The Labute approximate surface area is 103 Å². The van der Waals surface area contributed by atoms with E-state index in [9.17, 15) is 0 Å². The molecule has 0 bridgehead atoms. The highest BCUT2D eigenvalue weighted by molar-refractivity contribution is 6.17. The van der Waals surface area contributed by atoms with Gasteiger partial charge >= 0.3 is 0 Å². The van der Waals surface area contributed by atoms with E-state index in [2.05, 4.69) is 5.32 Å². The van der Waals surface area contributed by atoms with Gasteiger partial charge in [-0.25, -0.2) is 0 Å². The van der Waals surface area contributed by atoms with Gasteiger partial charge in [0.25, 0.3) is 0 Å². The van der Waals surface area contributed by atoms with Gasteiger partial charge in [0, 0.05) is 12.4 Å². The van der Waals surface area contributed by atoms with Crippen LogP contribution in [-0.4, -0.2) is 17.5 Å². The van der Waals surface area contributed by atoms with E-state index in [0.717, 1.165) is 25.4 Å². The second-order valence-corrected chi connectivity index (χ2v) is 4.32. The summed E-state index contributed by atoms with van der Waals surface area (Å²) in [6.45, 7) is 1.92. The molecule has 0 aromatic heterocycles. The first kappa shape index (κ1) is 13.3. The maximum absolute atomic E-state index is 9.12. The molecule has 0 spiro atoms.